The molecule has 0 bridgehead atoms. The highest BCUT2D eigenvalue weighted by atomic mass is 16.1. The van der Waals surface area contributed by atoms with Crippen LogP contribution in [0.3, 0.4) is 0 Å². The molecule has 1 N–H and O–H groups in total. The second-order valence-corrected chi connectivity index (χ2v) is 3.07. The SMILES string of the molecule is O=Cc1ccc2c(c1)CNCC2. The summed E-state index contributed by atoms with van der Waals surface area (Å²) in [6.07, 6.45) is 1.98. The highest BCUT2D eigenvalue weighted by Gasteiger charge is 2.07. The van der Waals surface area contributed by atoms with Gasteiger partial charge in [0.15, 0.2) is 0 Å². The zero-order valence-electron chi connectivity index (χ0n) is 6.84. The molecular weight excluding hydrogens is 150 g/mol. The monoisotopic (exact) mass is 161 g/mol. The highest BCUT2D eigenvalue weighted by molar-refractivity contribution is 5.75. The molecule has 0 saturated carbocycles. The van der Waals surface area contributed by atoms with Gasteiger partial charge in [0.25, 0.3) is 0 Å². The molecule has 0 fully saturated rings. The molecule has 1 aromatic carbocycles. The van der Waals surface area contributed by atoms with Crippen molar-refractivity contribution in [3.05, 3.63) is 34.9 Å². The number of hydrogen-bond donors (Lipinski definition) is 1. The van der Waals surface area contributed by atoms with E-state index in [0.717, 1.165) is 31.4 Å². The van der Waals surface area contributed by atoms with Gasteiger partial charge in [-0.05, 0) is 30.2 Å². The van der Waals surface area contributed by atoms with Gasteiger partial charge in [0.1, 0.15) is 6.29 Å². The van der Waals surface area contributed by atoms with Gasteiger partial charge >= 0.3 is 0 Å². The Morgan fingerprint density at radius 1 is 1.33 bits per heavy atom. The number of hydrogen-bond acceptors (Lipinski definition) is 2. The zero-order chi connectivity index (χ0) is 8.39. The van der Waals surface area contributed by atoms with Gasteiger partial charge in [-0.1, -0.05) is 12.1 Å². The van der Waals surface area contributed by atoms with Gasteiger partial charge in [0, 0.05) is 12.1 Å². The number of fused-ring (bicyclic) bond motifs is 1. The molecule has 1 heterocycles. The third-order valence-electron chi connectivity index (χ3n) is 2.25. The lowest BCUT2D eigenvalue weighted by atomic mass is 9.99. The van der Waals surface area contributed by atoms with Crippen molar-refractivity contribution in [2.24, 2.45) is 0 Å². The van der Waals surface area contributed by atoms with E-state index in [2.05, 4.69) is 11.4 Å². The number of benzene rings is 1. The second kappa shape index (κ2) is 3.07. The van der Waals surface area contributed by atoms with E-state index in [1.54, 1.807) is 0 Å². The van der Waals surface area contributed by atoms with Crippen LogP contribution in [0.1, 0.15) is 21.5 Å². The van der Waals surface area contributed by atoms with Crippen molar-refractivity contribution in [1.29, 1.82) is 0 Å². The van der Waals surface area contributed by atoms with E-state index in [1.807, 2.05) is 12.1 Å². The summed E-state index contributed by atoms with van der Waals surface area (Å²) in [5.41, 5.74) is 3.42. The van der Waals surface area contributed by atoms with Crippen LogP contribution in [0, 0.1) is 0 Å². The summed E-state index contributed by atoms with van der Waals surface area (Å²) in [6.45, 7) is 1.95. The first-order chi connectivity index (χ1) is 5.90. The minimum absolute atomic E-state index is 0.775. The molecule has 0 aliphatic carbocycles. The molecule has 0 atom stereocenters. The Bertz CT molecular complexity index is 307. The van der Waals surface area contributed by atoms with Crippen LogP contribution in [-0.4, -0.2) is 12.8 Å². The first kappa shape index (κ1) is 7.50. The zero-order valence-corrected chi connectivity index (χ0v) is 6.84. The molecule has 1 aromatic rings. The Hall–Kier alpha value is -1.15. The second-order valence-electron chi connectivity index (χ2n) is 3.07. The first-order valence-electron chi connectivity index (χ1n) is 4.18. The predicted molar refractivity (Wildman–Crippen MR) is 47.2 cm³/mol. The summed E-state index contributed by atoms with van der Waals surface area (Å²) in [7, 11) is 0. The number of nitrogens with one attached hydrogen (secondary N) is 1. The molecular formula is C10H11NO. The summed E-state index contributed by atoms with van der Waals surface area (Å²) in [6, 6.07) is 5.91. The van der Waals surface area contributed by atoms with Crippen molar-refractivity contribution < 1.29 is 4.79 Å². The minimum Gasteiger partial charge on any atom is -0.312 e. The van der Waals surface area contributed by atoms with Crippen LogP contribution >= 0.6 is 0 Å². The third kappa shape index (κ3) is 1.25. The van der Waals surface area contributed by atoms with Crippen LogP contribution in [0.15, 0.2) is 18.2 Å². The minimum atomic E-state index is 0.775. The molecule has 2 nitrogen and oxygen atoms in total. The standard InChI is InChI=1S/C10H11NO/c12-7-8-1-2-9-3-4-11-6-10(9)5-8/h1-2,5,7,11H,3-4,6H2. The molecule has 0 spiro atoms. The normalized spacial score (nSPS) is 15.3. The fraction of sp³-hybridized carbons (Fsp3) is 0.300. The van der Waals surface area contributed by atoms with Crippen LogP contribution in [0.2, 0.25) is 0 Å². The Morgan fingerprint density at radius 3 is 3.08 bits per heavy atom. The molecule has 0 saturated heterocycles. The lowest BCUT2D eigenvalue weighted by Gasteiger charge is -2.16. The third-order valence-corrected chi connectivity index (χ3v) is 2.25. The largest absolute Gasteiger partial charge is 0.312 e. The molecule has 0 aromatic heterocycles. The Balaban J connectivity index is 2.42. The van der Waals surface area contributed by atoms with Crippen molar-refractivity contribution in [3.8, 4) is 0 Å². The predicted octanol–water partition coefficient (Wildman–Crippen LogP) is 1.14. The van der Waals surface area contributed by atoms with Gasteiger partial charge in [-0.2, -0.15) is 0 Å². The van der Waals surface area contributed by atoms with Gasteiger partial charge in [0.2, 0.25) is 0 Å². The average Bonchev–Trinajstić information content (AvgIpc) is 2.17. The lowest BCUT2D eigenvalue weighted by Crippen LogP contribution is -2.23. The van der Waals surface area contributed by atoms with Crippen molar-refractivity contribution in [2.45, 2.75) is 13.0 Å². The summed E-state index contributed by atoms with van der Waals surface area (Å²) >= 11 is 0. The number of carbonyl (C=O) groups excluding carboxylic acids is 1. The Morgan fingerprint density at radius 2 is 2.25 bits per heavy atom. The van der Waals surface area contributed by atoms with E-state index < -0.39 is 0 Å². The maximum absolute atomic E-state index is 10.5. The molecule has 62 valence electrons. The average molecular weight is 161 g/mol. The van der Waals surface area contributed by atoms with Crippen LogP contribution in [0.25, 0.3) is 0 Å². The van der Waals surface area contributed by atoms with E-state index in [1.165, 1.54) is 11.1 Å². The van der Waals surface area contributed by atoms with Gasteiger partial charge in [0.05, 0.1) is 0 Å². The summed E-state index contributed by atoms with van der Waals surface area (Å²) in [4.78, 5) is 10.5. The first-order valence-corrected chi connectivity index (χ1v) is 4.18. The Kier molecular flexibility index (Phi) is 1.92. The van der Waals surface area contributed by atoms with Gasteiger partial charge in [-0.25, -0.2) is 0 Å². The van der Waals surface area contributed by atoms with E-state index >= 15 is 0 Å². The lowest BCUT2D eigenvalue weighted by molar-refractivity contribution is 0.112. The summed E-state index contributed by atoms with van der Waals surface area (Å²) < 4.78 is 0. The maximum atomic E-state index is 10.5. The molecule has 1 aliphatic heterocycles. The van der Waals surface area contributed by atoms with Crippen LogP contribution in [0.4, 0.5) is 0 Å². The molecule has 1 aliphatic rings. The number of aldehydes is 1. The van der Waals surface area contributed by atoms with Crippen LogP contribution in [-0.2, 0) is 13.0 Å². The quantitative estimate of drug-likeness (QED) is 0.626. The van der Waals surface area contributed by atoms with Gasteiger partial charge in [-0.15, -0.1) is 0 Å². The summed E-state index contributed by atoms with van der Waals surface area (Å²) in [5.74, 6) is 0. The molecule has 2 rings (SSSR count). The molecule has 0 unspecified atom stereocenters. The van der Waals surface area contributed by atoms with E-state index in [4.69, 9.17) is 0 Å². The fourth-order valence-electron chi connectivity index (χ4n) is 1.57. The fourth-order valence-corrected chi connectivity index (χ4v) is 1.57. The van der Waals surface area contributed by atoms with Crippen LogP contribution in [0.5, 0.6) is 0 Å². The highest BCUT2D eigenvalue weighted by Crippen LogP contribution is 2.14. The Labute approximate surface area is 71.6 Å². The molecule has 0 radical (unpaired) electrons. The summed E-state index contributed by atoms with van der Waals surface area (Å²) in [5, 5.41) is 3.28. The molecule has 0 amide bonds. The topological polar surface area (TPSA) is 29.1 Å². The number of rotatable bonds is 1. The van der Waals surface area contributed by atoms with Gasteiger partial charge in [-0.3, -0.25) is 4.79 Å². The van der Waals surface area contributed by atoms with Gasteiger partial charge < -0.3 is 5.32 Å². The van der Waals surface area contributed by atoms with E-state index in [9.17, 15) is 4.79 Å². The van der Waals surface area contributed by atoms with Crippen LogP contribution < -0.4 is 5.32 Å². The van der Waals surface area contributed by atoms with E-state index in [-0.39, 0.29) is 0 Å². The van der Waals surface area contributed by atoms with Crippen molar-refractivity contribution in [3.63, 3.8) is 0 Å². The van der Waals surface area contributed by atoms with E-state index in [0.29, 0.717) is 0 Å². The molecule has 2 heteroatoms. The maximum Gasteiger partial charge on any atom is 0.150 e. The van der Waals surface area contributed by atoms with Crippen molar-refractivity contribution in [1.82, 2.24) is 5.32 Å². The molecule has 12 heavy (non-hydrogen) atoms. The number of carbonyl (C=O) groups is 1. The van der Waals surface area contributed by atoms with Crippen molar-refractivity contribution >= 4 is 6.29 Å². The smallest absolute Gasteiger partial charge is 0.150 e. The van der Waals surface area contributed by atoms with Crippen molar-refractivity contribution in [2.75, 3.05) is 6.54 Å².